The first-order valence-electron chi connectivity index (χ1n) is 5.96. The minimum atomic E-state index is -1.20. The summed E-state index contributed by atoms with van der Waals surface area (Å²) in [4.78, 5) is 18.6. The third-order valence-corrected chi connectivity index (χ3v) is 2.83. The Labute approximate surface area is 131 Å². The predicted octanol–water partition coefficient (Wildman–Crippen LogP) is 3.41. The molecule has 5 nitrogen and oxygen atoms in total. The van der Waals surface area contributed by atoms with Gasteiger partial charge in [0.15, 0.2) is 17.5 Å². The molecule has 0 spiro atoms. The summed E-state index contributed by atoms with van der Waals surface area (Å²) in [5.74, 6) is -4.66. The van der Waals surface area contributed by atoms with Gasteiger partial charge in [-0.25, -0.2) is 23.1 Å². The Bertz CT molecular complexity index is 672. The van der Waals surface area contributed by atoms with Crippen LogP contribution in [0, 0.1) is 17.5 Å². The SMILES string of the molecule is CC(Br)C(=O)Nc1cnc(Oc2c(F)cc(F)cc2F)cn1. The Balaban J connectivity index is 2.14. The van der Waals surface area contributed by atoms with Gasteiger partial charge in [-0.05, 0) is 6.92 Å². The molecule has 0 saturated heterocycles. The molecule has 1 amide bonds. The third kappa shape index (κ3) is 3.94. The van der Waals surface area contributed by atoms with Crippen molar-refractivity contribution in [2.24, 2.45) is 0 Å². The van der Waals surface area contributed by atoms with Crippen LogP contribution in [0.1, 0.15) is 6.92 Å². The van der Waals surface area contributed by atoms with Crippen LogP contribution in [0.2, 0.25) is 0 Å². The van der Waals surface area contributed by atoms with E-state index in [-0.39, 0.29) is 17.6 Å². The van der Waals surface area contributed by atoms with Crippen molar-refractivity contribution in [2.75, 3.05) is 5.32 Å². The van der Waals surface area contributed by atoms with E-state index < -0.39 is 28.0 Å². The summed E-state index contributed by atoms with van der Waals surface area (Å²) < 4.78 is 44.5. The van der Waals surface area contributed by atoms with Crippen molar-refractivity contribution in [2.45, 2.75) is 11.8 Å². The number of carbonyl (C=O) groups is 1. The minimum absolute atomic E-state index is 0.142. The Morgan fingerprint density at radius 2 is 1.86 bits per heavy atom. The summed E-state index contributed by atoms with van der Waals surface area (Å²) in [6.45, 7) is 1.63. The number of anilines is 1. The Morgan fingerprint density at radius 3 is 2.36 bits per heavy atom. The van der Waals surface area contributed by atoms with Gasteiger partial charge >= 0.3 is 0 Å². The van der Waals surface area contributed by atoms with Crippen LogP contribution in [0.25, 0.3) is 0 Å². The summed E-state index contributed by atoms with van der Waals surface area (Å²) in [5, 5.41) is 2.45. The number of carbonyl (C=O) groups excluding carboxylic acids is 1. The van der Waals surface area contributed by atoms with Gasteiger partial charge in [0, 0.05) is 12.1 Å². The van der Waals surface area contributed by atoms with Gasteiger partial charge < -0.3 is 10.1 Å². The number of alkyl halides is 1. The molecule has 2 rings (SSSR count). The molecule has 1 atom stereocenters. The first kappa shape index (κ1) is 16.2. The molecule has 0 aliphatic heterocycles. The van der Waals surface area contributed by atoms with Crippen LogP contribution in [0.5, 0.6) is 11.6 Å². The van der Waals surface area contributed by atoms with Crippen LogP contribution in [0.4, 0.5) is 19.0 Å². The normalized spacial score (nSPS) is 11.9. The van der Waals surface area contributed by atoms with E-state index >= 15 is 0 Å². The van der Waals surface area contributed by atoms with Crippen molar-refractivity contribution in [3.05, 3.63) is 42.0 Å². The molecule has 116 valence electrons. The molecule has 0 aliphatic carbocycles. The van der Waals surface area contributed by atoms with Crippen molar-refractivity contribution in [1.82, 2.24) is 9.97 Å². The summed E-state index contributed by atoms with van der Waals surface area (Å²) in [6, 6.07) is 0.968. The number of nitrogens with zero attached hydrogens (tertiary/aromatic N) is 2. The Kier molecular flexibility index (Phi) is 4.96. The number of halogens is 4. The summed E-state index contributed by atoms with van der Waals surface area (Å²) in [6.07, 6.45) is 2.22. The topological polar surface area (TPSA) is 64.1 Å². The maximum atomic E-state index is 13.4. The van der Waals surface area contributed by atoms with Gasteiger partial charge in [-0.3, -0.25) is 4.79 Å². The third-order valence-electron chi connectivity index (χ3n) is 2.41. The number of rotatable bonds is 4. The zero-order valence-corrected chi connectivity index (χ0v) is 12.7. The molecule has 1 N–H and O–H groups in total. The van der Waals surface area contributed by atoms with Crippen molar-refractivity contribution in [1.29, 1.82) is 0 Å². The van der Waals surface area contributed by atoms with Crippen molar-refractivity contribution in [3.63, 3.8) is 0 Å². The van der Waals surface area contributed by atoms with Gasteiger partial charge in [0.1, 0.15) is 5.82 Å². The van der Waals surface area contributed by atoms with Gasteiger partial charge in [-0.1, -0.05) is 15.9 Å². The van der Waals surface area contributed by atoms with E-state index in [9.17, 15) is 18.0 Å². The monoisotopic (exact) mass is 375 g/mol. The van der Waals surface area contributed by atoms with Gasteiger partial charge in [0.25, 0.3) is 0 Å². The number of hydrogen-bond donors (Lipinski definition) is 1. The zero-order chi connectivity index (χ0) is 16.3. The van der Waals surface area contributed by atoms with Gasteiger partial charge in [-0.2, -0.15) is 0 Å². The van der Waals surface area contributed by atoms with Gasteiger partial charge in [0.2, 0.25) is 17.5 Å². The van der Waals surface area contributed by atoms with E-state index in [1.807, 2.05) is 0 Å². The summed E-state index contributed by atoms with van der Waals surface area (Å²) >= 11 is 3.08. The average molecular weight is 376 g/mol. The maximum absolute atomic E-state index is 13.4. The quantitative estimate of drug-likeness (QED) is 0.831. The van der Waals surface area contributed by atoms with Crippen molar-refractivity contribution >= 4 is 27.7 Å². The average Bonchev–Trinajstić information content (AvgIpc) is 2.44. The first-order valence-corrected chi connectivity index (χ1v) is 6.87. The lowest BCUT2D eigenvalue weighted by Crippen LogP contribution is -2.20. The van der Waals surface area contributed by atoms with Crippen LogP contribution in [-0.4, -0.2) is 20.7 Å². The van der Waals surface area contributed by atoms with E-state index in [2.05, 4.69) is 31.2 Å². The molecule has 1 aromatic carbocycles. The van der Waals surface area contributed by atoms with E-state index in [0.29, 0.717) is 12.1 Å². The second kappa shape index (κ2) is 6.73. The lowest BCUT2D eigenvalue weighted by molar-refractivity contribution is -0.115. The number of amides is 1. The fourth-order valence-electron chi connectivity index (χ4n) is 1.39. The molecule has 0 fully saturated rings. The largest absolute Gasteiger partial charge is 0.431 e. The van der Waals surface area contributed by atoms with Crippen LogP contribution < -0.4 is 10.1 Å². The number of hydrogen-bond acceptors (Lipinski definition) is 4. The van der Waals surface area contributed by atoms with E-state index in [4.69, 9.17) is 4.74 Å². The molecular weight excluding hydrogens is 367 g/mol. The Morgan fingerprint density at radius 1 is 1.23 bits per heavy atom. The lowest BCUT2D eigenvalue weighted by atomic mass is 10.3. The Hall–Kier alpha value is -2.16. The fourth-order valence-corrected chi connectivity index (χ4v) is 1.50. The fraction of sp³-hybridized carbons (Fsp3) is 0.154. The standard InChI is InChI=1S/C13H9BrF3N3O2/c1-6(14)13(21)20-10-4-19-11(5-18-10)22-12-8(16)2-7(15)3-9(12)17/h2-6H,1H3,(H,18,20,21). The molecular formula is C13H9BrF3N3O2. The highest BCUT2D eigenvalue weighted by atomic mass is 79.9. The summed E-state index contributed by atoms with van der Waals surface area (Å²) in [7, 11) is 0. The second-order valence-corrected chi connectivity index (χ2v) is 5.52. The molecule has 9 heteroatoms. The van der Waals surface area contributed by atoms with Gasteiger partial charge in [-0.15, -0.1) is 0 Å². The minimum Gasteiger partial charge on any atom is -0.431 e. The number of aromatic nitrogens is 2. The van der Waals surface area contributed by atoms with E-state index in [1.54, 1.807) is 6.92 Å². The molecule has 0 bridgehead atoms. The van der Waals surface area contributed by atoms with Crippen LogP contribution >= 0.6 is 15.9 Å². The van der Waals surface area contributed by atoms with E-state index in [0.717, 1.165) is 12.4 Å². The lowest BCUT2D eigenvalue weighted by Gasteiger charge is -2.08. The maximum Gasteiger partial charge on any atom is 0.239 e. The van der Waals surface area contributed by atoms with Gasteiger partial charge in [0.05, 0.1) is 17.2 Å². The smallest absolute Gasteiger partial charge is 0.239 e. The highest BCUT2D eigenvalue weighted by Gasteiger charge is 2.15. The van der Waals surface area contributed by atoms with Crippen molar-refractivity contribution < 1.29 is 22.7 Å². The number of nitrogens with one attached hydrogen (secondary N) is 1. The molecule has 0 radical (unpaired) electrons. The molecule has 1 heterocycles. The van der Waals surface area contributed by atoms with Crippen LogP contribution in [-0.2, 0) is 4.79 Å². The highest BCUT2D eigenvalue weighted by Crippen LogP contribution is 2.27. The van der Waals surface area contributed by atoms with Crippen molar-refractivity contribution in [3.8, 4) is 11.6 Å². The second-order valence-electron chi connectivity index (χ2n) is 4.15. The first-order chi connectivity index (χ1) is 10.4. The molecule has 0 aliphatic rings. The number of ether oxygens (including phenoxy) is 1. The van der Waals surface area contributed by atoms with Crippen LogP contribution in [0.3, 0.4) is 0 Å². The molecule has 1 unspecified atom stereocenters. The zero-order valence-electron chi connectivity index (χ0n) is 11.1. The van der Waals surface area contributed by atoms with Crippen LogP contribution in [0.15, 0.2) is 24.5 Å². The predicted molar refractivity (Wildman–Crippen MR) is 75.4 cm³/mol. The summed E-state index contributed by atoms with van der Waals surface area (Å²) in [5.41, 5.74) is 0. The molecule has 1 aromatic heterocycles. The molecule has 0 saturated carbocycles. The highest BCUT2D eigenvalue weighted by molar-refractivity contribution is 9.10. The van der Waals surface area contributed by atoms with E-state index in [1.165, 1.54) is 0 Å². The molecule has 2 aromatic rings. The molecule has 22 heavy (non-hydrogen) atoms. The number of benzene rings is 1.